The second kappa shape index (κ2) is 5.75. The molecule has 0 aliphatic rings. The Hall–Kier alpha value is -2.02. The highest BCUT2D eigenvalue weighted by atomic mass is 16.4. The lowest BCUT2D eigenvalue weighted by molar-refractivity contribution is -0.155. The average molecular weight is 270 g/mol. The summed E-state index contributed by atoms with van der Waals surface area (Å²) in [4.78, 5) is 23.8. The van der Waals surface area contributed by atoms with E-state index in [1.807, 2.05) is 0 Å². The van der Waals surface area contributed by atoms with E-state index in [0.29, 0.717) is 6.54 Å². The summed E-state index contributed by atoms with van der Waals surface area (Å²) in [5.74, 6) is -0.668. The van der Waals surface area contributed by atoms with Crippen molar-refractivity contribution < 1.29 is 24.2 Å². The van der Waals surface area contributed by atoms with Crippen LogP contribution >= 0.6 is 0 Å². The third kappa shape index (κ3) is 3.99. The fraction of sp³-hybridized carbons (Fsp3) is 0.500. The fourth-order valence-electron chi connectivity index (χ4n) is 1.36. The molecule has 7 heteroatoms. The predicted molar refractivity (Wildman–Crippen MR) is 66.6 cm³/mol. The number of carboxylic acids is 1. The molecule has 0 aliphatic heterocycles. The van der Waals surface area contributed by atoms with Crippen molar-refractivity contribution in [2.24, 2.45) is 0 Å². The van der Waals surface area contributed by atoms with Crippen molar-refractivity contribution in [3.63, 3.8) is 0 Å². The summed E-state index contributed by atoms with van der Waals surface area (Å²) in [6, 6.07) is 1.29. The first-order valence-electron chi connectivity index (χ1n) is 5.72. The van der Waals surface area contributed by atoms with Gasteiger partial charge in [0, 0.05) is 12.6 Å². The van der Waals surface area contributed by atoms with Gasteiger partial charge in [-0.3, -0.25) is 0 Å². The molecule has 1 aromatic rings. The van der Waals surface area contributed by atoms with Crippen molar-refractivity contribution in [1.29, 1.82) is 0 Å². The number of nitrogens with one attached hydrogen (secondary N) is 1. The SMILES string of the molecule is Cc1occc1CN(C)C(=O)NCC(C)(O)C(=O)O. The molecular formula is C12H18N2O5. The van der Waals surface area contributed by atoms with Gasteiger partial charge in [0.15, 0.2) is 5.60 Å². The van der Waals surface area contributed by atoms with Crippen LogP contribution in [0.4, 0.5) is 4.79 Å². The Balaban J connectivity index is 2.50. The van der Waals surface area contributed by atoms with Gasteiger partial charge >= 0.3 is 12.0 Å². The zero-order chi connectivity index (χ0) is 14.6. The Morgan fingerprint density at radius 3 is 2.63 bits per heavy atom. The largest absolute Gasteiger partial charge is 0.479 e. The number of hydrogen-bond acceptors (Lipinski definition) is 4. The Morgan fingerprint density at radius 1 is 1.53 bits per heavy atom. The van der Waals surface area contributed by atoms with Crippen molar-refractivity contribution in [1.82, 2.24) is 10.2 Å². The molecule has 0 saturated carbocycles. The monoisotopic (exact) mass is 270 g/mol. The minimum absolute atomic E-state index is 0.337. The maximum Gasteiger partial charge on any atom is 0.337 e. The third-order valence-corrected chi connectivity index (χ3v) is 2.77. The zero-order valence-electron chi connectivity index (χ0n) is 11.1. The maximum atomic E-state index is 11.7. The number of aliphatic hydroxyl groups is 1. The van der Waals surface area contributed by atoms with Crippen LogP contribution in [0.3, 0.4) is 0 Å². The summed E-state index contributed by atoms with van der Waals surface area (Å²) in [5, 5.41) is 20.5. The number of carbonyl (C=O) groups is 2. The highest BCUT2D eigenvalue weighted by Gasteiger charge is 2.30. The first-order valence-corrected chi connectivity index (χ1v) is 5.72. The van der Waals surface area contributed by atoms with Gasteiger partial charge in [-0.2, -0.15) is 0 Å². The molecule has 0 bridgehead atoms. The van der Waals surface area contributed by atoms with Gasteiger partial charge in [0.1, 0.15) is 5.76 Å². The summed E-state index contributed by atoms with van der Waals surface area (Å²) in [7, 11) is 1.57. The van der Waals surface area contributed by atoms with Crippen molar-refractivity contribution in [2.75, 3.05) is 13.6 Å². The number of carbonyl (C=O) groups excluding carboxylic acids is 1. The molecule has 3 N–H and O–H groups in total. The minimum Gasteiger partial charge on any atom is -0.479 e. The smallest absolute Gasteiger partial charge is 0.337 e. The molecule has 0 aromatic carbocycles. The molecule has 0 fully saturated rings. The molecular weight excluding hydrogens is 252 g/mol. The molecule has 0 spiro atoms. The molecule has 1 heterocycles. The minimum atomic E-state index is -1.98. The van der Waals surface area contributed by atoms with Gasteiger partial charge in [0.25, 0.3) is 0 Å². The van der Waals surface area contributed by atoms with E-state index in [9.17, 15) is 14.7 Å². The molecule has 1 aromatic heterocycles. The fourth-order valence-corrected chi connectivity index (χ4v) is 1.36. The van der Waals surface area contributed by atoms with Gasteiger partial charge in [-0.25, -0.2) is 9.59 Å². The molecule has 19 heavy (non-hydrogen) atoms. The topological polar surface area (TPSA) is 103 Å². The molecule has 106 valence electrons. The molecule has 1 rings (SSSR count). The van der Waals surface area contributed by atoms with Gasteiger partial charge in [-0.05, 0) is 19.9 Å². The standard InChI is InChI=1S/C12H18N2O5/c1-8-9(4-5-19-8)6-14(3)11(17)13-7-12(2,18)10(15)16/h4-5,18H,6-7H2,1-3H3,(H,13,17)(H,15,16). The predicted octanol–water partition coefficient (Wildman–Crippen LogP) is 0.565. The van der Waals surface area contributed by atoms with Crippen LogP contribution in [-0.2, 0) is 11.3 Å². The number of furan rings is 1. The molecule has 0 saturated heterocycles. The number of nitrogens with zero attached hydrogens (tertiary/aromatic N) is 1. The van der Waals surface area contributed by atoms with Gasteiger partial charge in [-0.1, -0.05) is 0 Å². The quantitative estimate of drug-likeness (QED) is 0.725. The lowest BCUT2D eigenvalue weighted by Crippen LogP contribution is -2.49. The highest BCUT2D eigenvalue weighted by Crippen LogP contribution is 2.11. The van der Waals surface area contributed by atoms with Crippen molar-refractivity contribution in [3.05, 3.63) is 23.7 Å². The number of urea groups is 1. The third-order valence-electron chi connectivity index (χ3n) is 2.77. The number of amides is 2. The second-order valence-corrected chi connectivity index (χ2v) is 4.60. The maximum absolute atomic E-state index is 11.7. The first kappa shape index (κ1) is 15.0. The van der Waals surface area contributed by atoms with E-state index in [0.717, 1.165) is 18.2 Å². The van der Waals surface area contributed by atoms with Crippen LogP contribution in [0.1, 0.15) is 18.2 Å². The van der Waals surface area contributed by atoms with E-state index in [1.54, 1.807) is 20.0 Å². The highest BCUT2D eigenvalue weighted by molar-refractivity contribution is 5.79. The number of rotatable bonds is 5. The van der Waals surface area contributed by atoms with Crippen molar-refractivity contribution in [2.45, 2.75) is 26.0 Å². The molecule has 1 unspecified atom stereocenters. The Bertz CT molecular complexity index is 466. The molecule has 0 radical (unpaired) electrons. The summed E-state index contributed by atoms with van der Waals surface area (Å²) >= 11 is 0. The molecule has 7 nitrogen and oxygen atoms in total. The van der Waals surface area contributed by atoms with Crippen LogP contribution in [-0.4, -0.2) is 46.3 Å². The molecule has 1 atom stereocenters. The van der Waals surface area contributed by atoms with E-state index in [1.165, 1.54) is 11.2 Å². The van der Waals surface area contributed by atoms with Crippen LogP contribution < -0.4 is 5.32 Å². The summed E-state index contributed by atoms with van der Waals surface area (Å²) in [6.45, 7) is 2.88. The summed E-state index contributed by atoms with van der Waals surface area (Å²) in [6.07, 6.45) is 1.53. The number of carboxylic acid groups (broad SMARTS) is 1. The second-order valence-electron chi connectivity index (χ2n) is 4.60. The van der Waals surface area contributed by atoms with Gasteiger partial charge in [-0.15, -0.1) is 0 Å². The van der Waals surface area contributed by atoms with Crippen molar-refractivity contribution in [3.8, 4) is 0 Å². The Morgan fingerprint density at radius 2 is 2.16 bits per heavy atom. The number of hydrogen-bond donors (Lipinski definition) is 3. The summed E-state index contributed by atoms with van der Waals surface area (Å²) in [5.41, 5.74) is -1.12. The lowest BCUT2D eigenvalue weighted by Gasteiger charge is -2.22. The normalized spacial score (nSPS) is 13.7. The Kier molecular flexibility index (Phi) is 4.55. The van der Waals surface area contributed by atoms with Crippen LogP contribution in [0.5, 0.6) is 0 Å². The van der Waals surface area contributed by atoms with E-state index in [-0.39, 0.29) is 6.54 Å². The zero-order valence-corrected chi connectivity index (χ0v) is 11.1. The van der Waals surface area contributed by atoms with Crippen LogP contribution in [0.2, 0.25) is 0 Å². The number of aliphatic carboxylic acids is 1. The van der Waals surface area contributed by atoms with Crippen LogP contribution in [0.25, 0.3) is 0 Å². The number of aryl methyl sites for hydroxylation is 1. The van der Waals surface area contributed by atoms with E-state index in [4.69, 9.17) is 9.52 Å². The van der Waals surface area contributed by atoms with Gasteiger partial charge < -0.3 is 24.8 Å². The van der Waals surface area contributed by atoms with E-state index in [2.05, 4.69) is 5.32 Å². The first-order chi connectivity index (χ1) is 8.74. The van der Waals surface area contributed by atoms with Gasteiger partial charge in [0.05, 0.1) is 19.4 Å². The van der Waals surface area contributed by atoms with Crippen LogP contribution in [0, 0.1) is 6.92 Å². The molecule has 2 amide bonds. The molecule has 0 aliphatic carbocycles. The van der Waals surface area contributed by atoms with Crippen molar-refractivity contribution >= 4 is 12.0 Å². The average Bonchev–Trinajstić information content (AvgIpc) is 2.71. The van der Waals surface area contributed by atoms with Gasteiger partial charge in [0.2, 0.25) is 0 Å². The summed E-state index contributed by atoms with van der Waals surface area (Å²) < 4.78 is 5.11. The lowest BCUT2D eigenvalue weighted by atomic mass is 10.1. The Labute approximate surface area is 110 Å². The van der Waals surface area contributed by atoms with Crippen LogP contribution in [0.15, 0.2) is 16.7 Å². The van der Waals surface area contributed by atoms with E-state index >= 15 is 0 Å². The van der Waals surface area contributed by atoms with E-state index < -0.39 is 17.6 Å².